The van der Waals surface area contributed by atoms with Gasteiger partial charge < -0.3 is 24.0 Å². The first-order valence-electron chi connectivity index (χ1n) is 14.0. The first-order valence-corrected chi connectivity index (χ1v) is 14.0. The molecule has 0 spiro atoms. The number of hydrogen-bond acceptors (Lipinski definition) is 6. The standard InChI is InChI=1S/C30H44N4O4/c1-5-6-7-19-38-29-21-26(11-12-27(29)36-3)34-14-8-13-33(30(34)35)23-25-10-9-24(20-28(25)37-4)22-32-17-15-31(2)16-18-32/h9-12,20-21H,5-8,13-19,22-23H2,1-4H3. The van der Waals surface area contributed by atoms with E-state index in [2.05, 4.69) is 42.0 Å². The highest BCUT2D eigenvalue weighted by atomic mass is 16.5. The Morgan fingerprint density at radius 2 is 1.61 bits per heavy atom. The quantitative estimate of drug-likeness (QED) is 0.370. The summed E-state index contributed by atoms with van der Waals surface area (Å²) in [6, 6.07) is 12.2. The van der Waals surface area contributed by atoms with Gasteiger partial charge in [0.05, 0.1) is 27.4 Å². The molecule has 0 bridgehead atoms. The zero-order chi connectivity index (χ0) is 26.9. The third-order valence-corrected chi connectivity index (χ3v) is 7.49. The van der Waals surface area contributed by atoms with Crippen LogP contribution in [0.1, 0.15) is 43.7 Å². The van der Waals surface area contributed by atoms with Crippen LogP contribution in [0.25, 0.3) is 0 Å². The molecule has 0 radical (unpaired) electrons. The molecule has 2 aliphatic heterocycles. The Labute approximate surface area is 228 Å². The van der Waals surface area contributed by atoms with Crippen LogP contribution in [-0.2, 0) is 13.1 Å². The number of hydrogen-bond donors (Lipinski definition) is 0. The molecule has 208 valence electrons. The number of piperazine rings is 1. The molecule has 2 aromatic carbocycles. The van der Waals surface area contributed by atoms with Gasteiger partial charge in [0.2, 0.25) is 0 Å². The number of amides is 2. The van der Waals surface area contributed by atoms with Crippen molar-refractivity contribution >= 4 is 11.7 Å². The first kappa shape index (κ1) is 28.0. The topological polar surface area (TPSA) is 57.7 Å². The molecule has 2 aromatic rings. The Kier molecular flexibility index (Phi) is 10.1. The number of likely N-dealkylation sites (N-methyl/N-ethyl adjacent to an activating group) is 1. The zero-order valence-corrected chi connectivity index (χ0v) is 23.6. The molecule has 38 heavy (non-hydrogen) atoms. The Morgan fingerprint density at radius 3 is 2.34 bits per heavy atom. The summed E-state index contributed by atoms with van der Waals surface area (Å²) in [5.41, 5.74) is 3.10. The fourth-order valence-corrected chi connectivity index (χ4v) is 5.14. The molecule has 0 saturated carbocycles. The van der Waals surface area contributed by atoms with Crippen LogP contribution < -0.4 is 19.1 Å². The van der Waals surface area contributed by atoms with Gasteiger partial charge >= 0.3 is 6.03 Å². The Bertz CT molecular complexity index is 1050. The summed E-state index contributed by atoms with van der Waals surface area (Å²) in [6.45, 7) is 10.0. The van der Waals surface area contributed by atoms with E-state index in [1.807, 2.05) is 28.0 Å². The summed E-state index contributed by atoms with van der Waals surface area (Å²) in [4.78, 5) is 22.2. The van der Waals surface area contributed by atoms with Gasteiger partial charge in [-0.2, -0.15) is 0 Å². The molecule has 2 fully saturated rings. The third kappa shape index (κ3) is 7.11. The van der Waals surface area contributed by atoms with Gasteiger partial charge in [-0.05, 0) is 43.7 Å². The van der Waals surface area contributed by atoms with Crippen LogP contribution in [-0.4, -0.2) is 87.9 Å². The molecule has 8 nitrogen and oxygen atoms in total. The molecule has 2 saturated heterocycles. The summed E-state index contributed by atoms with van der Waals surface area (Å²) in [5, 5.41) is 0. The maximum Gasteiger partial charge on any atom is 0.324 e. The lowest BCUT2D eigenvalue weighted by Gasteiger charge is -2.36. The molecule has 2 aliphatic rings. The second-order valence-electron chi connectivity index (χ2n) is 10.3. The van der Waals surface area contributed by atoms with E-state index < -0.39 is 0 Å². The number of nitrogens with zero attached hydrogens (tertiary/aromatic N) is 4. The van der Waals surface area contributed by atoms with E-state index in [9.17, 15) is 4.79 Å². The predicted molar refractivity (Wildman–Crippen MR) is 152 cm³/mol. The second kappa shape index (κ2) is 13.7. The summed E-state index contributed by atoms with van der Waals surface area (Å²) in [5.74, 6) is 2.21. The first-order chi connectivity index (χ1) is 18.5. The van der Waals surface area contributed by atoms with Gasteiger partial charge in [-0.3, -0.25) is 9.80 Å². The number of carbonyl (C=O) groups excluding carboxylic acids is 1. The molecule has 0 N–H and O–H groups in total. The molecule has 0 aliphatic carbocycles. The minimum Gasteiger partial charge on any atom is -0.496 e. The van der Waals surface area contributed by atoms with E-state index >= 15 is 0 Å². The van der Waals surface area contributed by atoms with Gasteiger partial charge in [-0.1, -0.05) is 31.9 Å². The number of ether oxygens (including phenoxy) is 3. The molecular formula is C30H44N4O4. The summed E-state index contributed by atoms with van der Waals surface area (Å²) in [6.07, 6.45) is 4.16. The van der Waals surface area contributed by atoms with E-state index in [0.717, 1.165) is 82.0 Å². The van der Waals surface area contributed by atoms with Crippen molar-refractivity contribution in [2.75, 3.05) is 72.0 Å². The minimum atomic E-state index is 0.00177. The average molecular weight is 525 g/mol. The van der Waals surface area contributed by atoms with Crippen LogP contribution in [0.5, 0.6) is 17.2 Å². The van der Waals surface area contributed by atoms with E-state index in [1.165, 1.54) is 5.56 Å². The molecule has 0 atom stereocenters. The Balaban J connectivity index is 1.43. The van der Waals surface area contributed by atoms with E-state index in [0.29, 0.717) is 31.2 Å². The van der Waals surface area contributed by atoms with Crippen LogP contribution in [0.15, 0.2) is 36.4 Å². The highest BCUT2D eigenvalue weighted by molar-refractivity contribution is 5.93. The Hall–Kier alpha value is -2.97. The second-order valence-corrected chi connectivity index (χ2v) is 10.3. The Morgan fingerprint density at radius 1 is 0.816 bits per heavy atom. The fourth-order valence-electron chi connectivity index (χ4n) is 5.14. The van der Waals surface area contributed by atoms with Crippen molar-refractivity contribution in [3.63, 3.8) is 0 Å². The number of carbonyl (C=O) groups is 1. The van der Waals surface area contributed by atoms with E-state index in [4.69, 9.17) is 14.2 Å². The van der Waals surface area contributed by atoms with Gasteiger partial charge in [-0.25, -0.2) is 4.79 Å². The summed E-state index contributed by atoms with van der Waals surface area (Å²) >= 11 is 0. The molecule has 0 unspecified atom stereocenters. The molecule has 2 heterocycles. The van der Waals surface area contributed by atoms with Gasteiger partial charge in [0, 0.05) is 63.1 Å². The highest BCUT2D eigenvalue weighted by Gasteiger charge is 2.28. The number of benzene rings is 2. The minimum absolute atomic E-state index is 0.00177. The van der Waals surface area contributed by atoms with Crippen molar-refractivity contribution < 1.29 is 19.0 Å². The van der Waals surface area contributed by atoms with E-state index in [1.54, 1.807) is 14.2 Å². The molecule has 8 heteroatoms. The number of urea groups is 1. The maximum absolute atomic E-state index is 13.6. The van der Waals surface area contributed by atoms with Crippen molar-refractivity contribution in [1.82, 2.24) is 14.7 Å². The van der Waals surface area contributed by atoms with Crippen molar-refractivity contribution in [3.8, 4) is 17.2 Å². The van der Waals surface area contributed by atoms with Crippen LogP contribution >= 0.6 is 0 Å². The van der Waals surface area contributed by atoms with Gasteiger partial charge in [0.1, 0.15) is 5.75 Å². The monoisotopic (exact) mass is 524 g/mol. The average Bonchev–Trinajstić information content (AvgIpc) is 2.94. The van der Waals surface area contributed by atoms with Crippen molar-refractivity contribution in [2.24, 2.45) is 0 Å². The smallest absolute Gasteiger partial charge is 0.324 e. The number of rotatable bonds is 12. The zero-order valence-electron chi connectivity index (χ0n) is 23.6. The normalized spacial score (nSPS) is 17.1. The van der Waals surface area contributed by atoms with Crippen molar-refractivity contribution in [1.29, 1.82) is 0 Å². The molecule has 4 rings (SSSR count). The largest absolute Gasteiger partial charge is 0.496 e. The molecule has 2 amide bonds. The number of methoxy groups -OCH3 is 2. The summed E-state index contributed by atoms with van der Waals surface area (Å²) < 4.78 is 17.3. The maximum atomic E-state index is 13.6. The van der Waals surface area contributed by atoms with Gasteiger partial charge in [0.25, 0.3) is 0 Å². The highest BCUT2D eigenvalue weighted by Crippen LogP contribution is 2.34. The number of anilines is 1. The van der Waals surface area contributed by atoms with Crippen LogP contribution in [0, 0.1) is 0 Å². The lowest BCUT2D eigenvalue weighted by molar-refractivity contribution is 0.148. The lowest BCUT2D eigenvalue weighted by atomic mass is 10.1. The predicted octanol–water partition coefficient (Wildman–Crippen LogP) is 4.85. The lowest BCUT2D eigenvalue weighted by Crippen LogP contribution is -2.49. The van der Waals surface area contributed by atoms with Crippen molar-refractivity contribution in [3.05, 3.63) is 47.5 Å². The third-order valence-electron chi connectivity index (χ3n) is 7.49. The van der Waals surface area contributed by atoms with Crippen LogP contribution in [0.4, 0.5) is 10.5 Å². The molecular weight excluding hydrogens is 480 g/mol. The molecule has 0 aromatic heterocycles. The van der Waals surface area contributed by atoms with Crippen molar-refractivity contribution in [2.45, 2.75) is 45.7 Å². The van der Waals surface area contributed by atoms with Gasteiger partial charge in [-0.15, -0.1) is 0 Å². The number of unbranched alkanes of at least 4 members (excludes halogenated alkanes) is 2. The summed E-state index contributed by atoms with van der Waals surface area (Å²) in [7, 11) is 5.53. The van der Waals surface area contributed by atoms with Crippen LogP contribution in [0.3, 0.4) is 0 Å². The fraction of sp³-hybridized carbons (Fsp3) is 0.567. The van der Waals surface area contributed by atoms with E-state index in [-0.39, 0.29) is 6.03 Å². The van der Waals surface area contributed by atoms with Gasteiger partial charge in [0.15, 0.2) is 11.5 Å². The SMILES string of the molecule is CCCCCOc1cc(N2CCCN(Cc3ccc(CN4CCN(C)CC4)cc3OC)C2=O)ccc1OC. The van der Waals surface area contributed by atoms with Crippen LogP contribution in [0.2, 0.25) is 0 Å².